The van der Waals surface area contributed by atoms with E-state index in [4.69, 9.17) is 5.11 Å². The maximum atomic E-state index is 11.4. The van der Waals surface area contributed by atoms with Gasteiger partial charge in [0.2, 0.25) is 5.91 Å². The van der Waals surface area contributed by atoms with Gasteiger partial charge in [-0.2, -0.15) is 0 Å². The van der Waals surface area contributed by atoms with Crippen LogP contribution in [0, 0.1) is 0 Å². The molecule has 6 heteroatoms. The molecular formula is C9H10N2O3S. The van der Waals surface area contributed by atoms with Crippen molar-refractivity contribution in [3.8, 4) is 0 Å². The molecule has 1 unspecified atom stereocenters. The van der Waals surface area contributed by atoms with Gasteiger partial charge in [0.25, 0.3) is 0 Å². The van der Waals surface area contributed by atoms with Crippen LogP contribution in [0.2, 0.25) is 0 Å². The molecule has 0 saturated heterocycles. The summed E-state index contributed by atoms with van der Waals surface area (Å²) in [7, 11) is 1.65. The molecule has 2 rings (SSSR count). The first-order valence-corrected chi connectivity index (χ1v) is 5.29. The molecule has 0 bridgehead atoms. The number of hydrogen-bond donors (Lipinski definition) is 2. The molecule has 0 fully saturated rings. The van der Waals surface area contributed by atoms with E-state index in [1.165, 1.54) is 16.3 Å². The van der Waals surface area contributed by atoms with Gasteiger partial charge in [0.15, 0.2) is 5.69 Å². The Morgan fingerprint density at radius 2 is 2.33 bits per heavy atom. The Labute approximate surface area is 90.5 Å². The predicted molar refractivity (Wildman–Crippen MR) is 56.3 cm³/mol. The number of anilines is 1. The number of fused-ring (bicyclic) bond motifs is 1. The average Bonchev–Trinajstić information content (AvgIpc) is 2.41. The van der Waals surface area contributed by atoms with E-state index in [1.807, 2.05) is 0 Å². The highest BCUT2D eigenvalue weighted by molar-refractivity contribution is 8.01. The van der Waals surface area contributed by atoms with Crippen LogP contribution >= 0.6 is 11.8 Å². The maximum absolute atomic E-state index is 11.4. The van der Waals surface area contributed by atoms with Crippen LogP contribution in [0.5, 0.6) is 0 Å². The van der Waals surface area contributed by atoms with Gasteiger partial charge < -0.3 is 15.0 Å². The van der Waals surface area contributed by atoms with Gasteiger partial charge in [-0.1, -0.05) is 0 Å². The summed E-state index contributed by atoms with van der Waals surface area (Å²) in [6.45, 7) is 1.79. The molecule has 0 radical (unpaired) electrons. The monoisotopic (exact) mass is 226 g/mol. The van der Waals surface area contributed by atoms with E-state index in [2.05, 4.69) is 5.32 Å². The molecule has 0 saturated carbocycles. The second-order valence-electron chi connectivity index (χ2n) is 3.38. The standard InChI is InChI=1S/C9H10N2O3S/c1-4-8(12)10-6-5(15-4)3-11(2)7(6)9(13)14/h3-4H,1-2H3,(H,10,12)(H,13,14). The molecule has 2 N–H and O–H groups in total. The van der Waals surface area contributed by atoms with Crippen molar-refractivity contribution in [1.29, 1.82) is 0 Å². The maximum Gasteiger partial charge on any atom is 0.354 e. The molecule has 0 spiro atoms. The molecule has 1 aromatic rings. The quantitative estimate of drug-likeness (QED) is 0.753. The Kier molecular flexibility index (Phi) is 2.22. The number of aromatic carboxylic acids is 1. The lowest BCUT2D eigenvalue weighted by Crippen LogP contribution is -2.26. The van der Waals surface area contributed by atoms with Crippen molar-refractivity contribution in [2.24, 2.45) is 7.05 Å². The number of nitrogens with zero attached hydrogens (tertiary/aromatic N) is 1. The Hall–Kier alpha value is -1.43. The predicted octanol–water partition coefficient (Wildman–Crippen LogP) is 1.16. The second-order valence-corrected chi connectivity index (χ2v) is 4.76. The Balaban J connectivity index is 2.54. The summed E-state index contributed by atoms with van der Waals surface area (Å²) in [4.78, 5) is 23.2. The zero-order valence-corrected chi connectivity index (χ0v) is 9.09. The third-order valence-electron chi connectivity index (χ3n) is 2.27. The number of thioether (sulfide) groups is 1. The minimum absolute atomic E-state index is 0.123. The lowest BCUT2D eigenvalue weighted by atomic mass is 10.3. The molecule has 1 atom stereocenters. The van der Waals surface area contributed by atoms with Gasteiger partial charge in [0.05, 0.1) is 15.8 Å². The minimum atomic E-state index is -1.03. The average molecular weight is 226 g/mol. The number of amides is 1. The van der Waals surface area contributed by atoms with Gasteiger partial charge in [-0.15, -0.1) is 11.8 Å². The van der Waals surface area contributed by atoms with E-state index in [1.54, 1.807) is 20.2 Å². The molecule has 5 nitrogen and oxygen atoms in total. The van der Waals surface area contributed by atoms with Crippen molar-refractivity contribution in [2.45, 2.75) is 17.1 Å². The molecule has 0 aliphatic carbocycles. The molecule has 1 aliphatic rings. The number of hydrogen-bond acceptors (Lipinski definition) is 3. The fourth-order valence-corrected chi connectivity index (χ4v) is 2.57. The smallest absolute Gasteiger partial charge is 0.354 e. The van der Waals surface area contributed by atoms with Crippen LogP contribution in [-0.4, -0.2) is 26.8 Å². The van der Waals surface area contributed by atoms with Gasteiger partial charge in [0.1, 0.15) is 0 Å². The van der Waals surface area contributed by atoms with Crippen molar-refractivity contribution in [2.75, 3.05) is 5.32 Å². The first-order chi connectivity index (χ1) is 7.00. The summed E-state index contributed by atoms with van der Waals surface area (Å²) >= 11 is 1.38. The third kappa shape index (κ3) is 1.50. The van der Waals surface area contributed by atoms with Gasteiger partial charge in [-0.05, 0) is 6.92 Å². The molecule has 15 heavy (non-hydrogen) atoms. The van der Waals surface area contributed by atoms with Crippen molar-refractivity contribution < 1.29 is 14.7 Å². The number of aromatic nitrogens is 1. The zero-order valence-electron chi connectivity index (χ0n) is 8.27. The number of rotatable bonds is 1. The van der Waals surface area contributed by atoms with Crippen molar-refractivity contribution in [1.82, 2.24) is 4.57 Å². The fourth-order valence-electron chi connectivity index (χ4n) is 1.53. The Morgan fingerprint density at radius 1 is 1.67 bits per heavy atom. The first kappa shape index (κ1) is 10.1. The number of carbonyl (C=O) groups is 2. The van der Waals surface area contributed by atoms with Gasteiger partial charge >= 0.3 is 5.97 Å². The number of carbonyl (C=O) groups excluding carboxylic acids is 1. The van der Waals surface area contributed by atoms with Crippen LogP contribution in [0.25, 0.3) is 0 Å². The van der Waals surface area contributed by atoms with Crippen molar-refractivity contribution >= 4 is 29.3 Å². The van der Waals surface area contributed by atoms with E-state index >= 15 is 0 Å². The van der Waals surface area contributed by atoms with Gasteiger partial charge in [-0.3, -0.25) is 4.79 Å². The number of aryl methyl sites for hydroxylation is 1. The first-order valence-electron chi connectivity index (χ1n) is 4.41. The summed E-state index contributed by atoms with van der Waals surface area (Å²) < 4.78 is 1.51. The Bertz CT molecular complexity index is 452. The molecule has 2 heterocycles. The highest BCUT2D eigenvalue weighted by atomic mass is 32.2. The summed E-state index contributed by atoms with van der Waals surface area (Å²) in [6.07, 6.45) is 1.72. The summed E-state index contributed by atoms with van der Waals surface area (Å²) in [5.41, 5.74) is 0.538. The molecule has 1 amide bonds. The van der Waals surface area contributed by atoms with E-state index in [0.29, 0.717) is 5.69 Å². The summed E-state index contributed by atoms with van der Waals surface area (Å²) in [5, 5.41) is 11.4. The minimum Gasteiger partial charge on any atom is -0.477 e. The van der Waals surface area contributed by atoms with Crippen LogP contribution in [0.15, 0.2) is 11.1 Å². The highest BCUT2D eigenvalue weighted by Crippen LogP contribution is 2.38. The summed E-state index contributed by atoms with van der Waals surface area (Å²) in [6, 6.07) is 0. The molecule has 80 valence electrons. The van der Waals surface area contributed by atoms with Gasteiger partial charge in [0, 0.05) is 13.2 Å². The fraction of sp³-hybridized carbons (Fsp3) is 0.333. The van der Waals surface area contributed by atoms with Crippen LogP contribution in [-0.2, 0) is 11.8 Å². The SMILES string of the molecule is CC1Sc2cn(C)c(C(=O)O)c2NC1=O. The van der Waals surface area contributed by atoms with E-state index in [-0.39, 0.29) is 16.9 Å². The molecular weight excluding hydrogens is 216 g/mol. The Morgan fingerprint density at radius 3 is 2.93 bits per heavy atom. The van der Waals surface area contributed by atoms with E-state index < -0.39 is 5.97 Å². The van der Waals surface area contributed by atoms with E-state index in [9.17, 15) is 9.59 Å². The second kappa shape index (κ2) is 3.30. The normalized spacial score (nSPS) is 19.6. The third-order valence-corrected chi connectivity index (χ3v) is 3.40. The van der Waals surface area contributed by atoms with Crippen LogP contribution in [0.1, 0.15) is 17.4 Å². The lowest BCUT2D eigenvalue weighted by Gasteiger charge is -2.18. The zero-order chi connectivity index (χ0) is 11.2. The topological polar surface area (TPSA) is 71.3 Å². The van der Waals surface area contributed by atoms with Crippen molar-refractivity contribution in [3.05, 3.63) is 11.9 Å². The number of carboxylic acid groups (broad SMARTS) is 1. The molecule has 0 aromatic carbocycles. The molecule has 1 aromatic heterocycles. The largest absolute Gasteiger partial charge is 0.477 e. The van der Waals surface area contributed by atoms with Crippen LogP contribution < -0.4 is 5.32 Å². The summed E-state index contributed by atoms with van der Waals surface area (Å²) in [5.74, 6) is -1.18. The number of carboxylic acids is 1. The van der Waals surface area contributed by atoms with Gasteiger partial charge in [-0.25, -0.2) is 4.79 Å². The van der Waals surface area contributed by atoms with Crippen LogP contribution in [0.4, 0.5) is 5.69 Å². The van der Waals surface area contributed by atoms with E-state index in [0.717, 1.165) is 4.90 Å². The highest BCUT2D eigenvalue weighted by Gasteiger charge is 2.29. The van der Waals surface area contributed by atoms with Crippen molar-refractivity contribution in [3.63, 3.8) is 0 Å². The number of nitrogens with one attached hydrogen (secondary N) is 1. The van der Waals surface area contributed by atoms with Crippen LogP contribution in [0.3, 0.4) is 0 Å². The lowest BCUT2D eigenvalue weighted by molar-refractivity contribution is -0.115. The molecule has 1 aliphatic heterocycles.